The summed E-state index contributed by atoms with van der Waals surface area (Å²) >= 11 is 0. The number of carbonyl (C=O) groups excluding carboxylic acids is 2. The van der Waals surface area contributed by atoms with Crippen LogP contribution >= 0.6 is 0 Å². The fourth-order valence-corrected chi connectivity index (χ4v) is 3.47. The van der Waals surface area contributed by atoms with E-state index in [2.05, 4.69) is 16.7 Å². The first-order chi connectivity index (χ1) is 11.2. The van der Waals surface area contributed by atoms with Crippen LogP contribution in [0.3, 0.4) is 0 Å². The van der Waals surface area contributed by atoms with E-state index in [0.29, 0.717) is 13.0 Å². The summed E-state index contributed by atoms with van der Waals surface area (Å²) in [6.45, 7) is 2.11. The minimum atomic E-state index is -0.224. The van der Waals surface area contributed by atoms with Gasteiger partial charge in [0, 0.05) is 31.7 Å². The molecule has 1 aromatic rings. The van der Waals surface area contributed by atoms with E-state index in [-0.39, 0.29) is 11.9 Å². The molecular weight excluding hydrogens is 290 g/mol. The third-order valence-electron chi connectivity index (χ3n) is 4.73. The molecule has 2 N–H and O–H groups in total. The van der Waals surface area contributed by atoms with Crippen molar-refractivity contribution >= 4 is 17.6 Å². The number of rotatable bonds is 4. The number of hydrogen-bond donors (Lipinski definition) is 2. The third-order valence-corrected chi connectivity index (χ3v) is 4.73. The van der Waals surface area contributed by atoms with Gasteiger partial charge in [-0.1, -0.05) is 12.1 Å². The number of carbonyl (C=O) groups is 2. The zero-order chi connectivity index (χ0) is 16.1. The smallest absolute Gasteiger partial charge is 0.319 e. The standard InChI is InChI=1S/C18H25N3O2/c22-17(21-12-3-4-13-21)10-11-19-18(23)20-16-9-5-7-14-6-1-2-8-15(14)16/h5,7,9H,1-4,6,8,10-13H2,(H2,19,20,23). The molecule has 3 amide bonds. The van der Waals surface area contributed by atoms with Crippen molar-refractivity contribution in [3.63, 3.8) is 0 Å². The highest BCUT2D eigenvalue weighted by atomic mass is 16.2. The summed E-state index contributed by atoms with van der Waals surface area (Å²) in [6.07, 6.45) is 7.09. The molecule has 1 saturated heterocycles. The van der Waals surface area contributed by atoms with Gasteiger partial charge in [0.15, 0.2) is 0 Å². The molecule has 124 valence electrons. The van der Waals surface area contributed by atoms with Crippen molar-refractivity contribution in [2.75, 3.05) is 25.0 Å². The number of aryl methyl sites for hydroxylation is 1. The molecule has 2 aliphatic rings. The van der Waals surface area contributed by atoms with Crippen molar-refractivity contribution in [2.45, 2.75) is 44.9 Å². The lowest BCUT2D eigenvalue weighted by molar-refractivity contribution is -0.129. The fourth-order valence-electron chi connectivity index (χ4n) is 3.47. The molecule has 1 fully saturated rings. The van der Waals surface area contributed by atoms with Gasteiger partial charge in [0.2, 0.25) is 5.91 Å². The Hall–Kier alpha value is -2.04. The van der Waals surface area contributed by atoms with Gasteiger partial charge in [-0.3, -0.25) is 4.79 Å². The van der Waals surface area contributed by atoms with E-state index < -0.39 is 0 Å². The van der Waals surface area contributed by atoms with Crippen molar-refractivity contribution in [2.24, 2.45) is 0 Å². The summed E-state index contributed by atoms with van der Waals surface area (Å²) in [6, 6.07) is 5.88. The zero-order valence-corrected chi connectivity index (χ0v) is 13.6. The summed E-state index contributed by atoms with van der Waals surface area (Å²) in [4.78, 5) is 25.9. The molecule has 1 heterocycles. The highest BCUT2D eigenvalue weighted by molar-refractivity contribution is 5.90. The van der Waals surface area contributed by atoms with Crippen LogP contribution in [0, 0.1) is 0 Å². The summed E-state index contributed by atoms with van der Waals surface area (Å²) in [5.41, 5.74) is 3.52. The van der Waals surface area contributed by atoms with Gasteiger partial charge < -0.3 is 15.5 Å². The molecule has 0 saturated carbocycles. The molecule has 1 aliphatic carbocycles. The predicted octanol–water partition coefficient (Wildman–Crippen LogP) is 2.70. The first-order valence-electron chi connectivity index (χ1n) is 8.67. The van der Waals surface area contributed by atoms with Gasteiger partial charge in [-0.25, -0.2) is 4.79 Å². The van der Waals surface area contributed by atoms with E-state index in [9.17, 15) is 9.59 Å². The van der Waals surface area contributed by atoms with Crippen LogP contribution in [0.4, 0.5) is 10.5 Å². The predicted molar refractivity (Wildman–Crippen MR) is 90.5 cm³/mol. The molecular formula is C18H25N3O2. The van der Waals surface area contributed by atoms with Crippen molar-refractivity contribution in [3.8, 4) is 0 Å². The Kier molecular flexibility index (Phi) is 5.16. The number of amides is 3. The van der Waals surface area contributed by atoms with Crippen LogP contribution < -0.4 is 10.6 Å². The van der Waals surface area contributed by atoms with Crippen LogP contribution in [0.25, 0.3) is 0 Å². The average Bonchev–Trinajstić information content (AvgIpc) is 3.10. The quantitative estimate of drug-likeness (QED) is 0.897. The summed E-state index contributed by atoms with van der Waals surface area (Å²) < 4.78 is 0. The minimum absolute atomic E-state index is 0.139. The van der Waals surface area contributed by atoms with E-state index >= 15 is 0 Å². The molecule has 0 spiro atoms. The van der Waals surface area contributed by atoms with Crippen molar-refractivity contribution in [1.29, 1.82) is 0 Å². The van der Waals surface area contributed by atoms with Gasteiger partial charge in [-0.2, -0.15) is 0 Å². The Bertz CT molecular complexity index is 580. The Morgan fingerprint density at radius 1 is 1.04 bits per heavy atom. The lowest BCUT2D eigenvalue weighted by Gasteiger charge is -2.20. The van der Waals surface area contributed by atoms with Gasteiger partial charge in [-0.15, -0.1) is 0 Å². The summed E-state index contributed by atoms with van der Waals surface area (Å²) in [7, 11) is 0. The highest BCUT2D eigenvalue weighted by Gasteiger charge is 2.18. The Balaban J connectivity index is 1.47. The number of hydrogen-bond acceptors (Lipinski definition) is 2. The zero-order valence-electron chi connectivity index (χ0n) is 13.6. The van der Waals surface area contributed by atoms with E-state index in [4.69, 9.17) is 0 Å². The van der Waals surface area contributed by atoms with E-state index in [1.54, 1.807) is 0 Å². The number of benzene rings is 1. The van der Waals surface area contributed by atoms with Gasteiger partial charge in [0.05, 0.1) is 0 Å². The lowest BCUT2D eigenvalue weighted by atomic mass is 9.90. The molecule has 0 bridgehead atoms. The monoisotopic (exact) mass is 315 g/mol. The van der Waals surface area contributed by atoms with Crippen molar-refractivity contribution < 1.29 is 9.59 Å². The SMILES string of the molecule is O=C(NCCC(=O)N1CCCC1)Nc1cccc2c1CCCC2. The maximum absolute atomic E-state index is 12.1. The topological polar surface area (TPSA) is 61.4 Å². The highest BCUT2D eigenvalue weighted by Crippen LogP contribution is 2.27. The molecule has 0 unspecified atom stereocenters. The number of urea groups is 1. The molecule has 0 atom stereocenters. The molecule has 23 heavy (non-hydrogen) atoms. The van der Waals surface area contributed by atoms with Crippen LogP contribution in [0.2, 0.25) is 0 Å². The molecule has 5 nitrogen and oxygen atoms in total. The van der Waals surface area contributed by atoms with Crippen LogP contribution in [-0.2, 0) is 17.6 Å². The van der Waals surface area contributed by atoms with Crippen molar-refractivity contribution in [3.05, 3.63) is 29.3 Å². The van der Waals surface area contributed by atoms with E-state index in [1.165, 1.54) is 24.0 Å². The number of fused-ring (bicyclic) bond motifs is 1. The molecule has 1 aromatic carbocycles. The van der Waals surface area contributed by atoms with Gasteiger partial charge in [0.25, 0.3) is 0 Å². The molecule has 0 radical (unpaired) electrons. The largest absolute Gasteiger partial charge is 0.343 e. The maximum Gasteiger partial charge on any atom is 0.319 e. The first-order valence-corrected chi connectivity index (χ1v) is 8.67. The Morgan fingerprint density at radius 3 is 2.65 bits per heavy atom. The maximum atomic E-state index is 12.1. The first kappa shape index (κ1) is 15.8. The second-order valence-corrected chi connectivity index (χ2v) is 6.37. The van der Waals surface area contributed by atoms with E-state index in [1.807, 2.05) is 17.0 Å². The number of nitrogens with zero attached hydrogens (tertiary/aromatic N) is 1. The Morgan fingerprint density at radius 2 is 1.83 bits per heavy atom. The number of anilines is 1. The number of nitrogens with one attached hydrogen (secondary N) is 2. The summed E-state index contributed by atoms with van der Waals surface area (Å²) in [5, 5.41) is 5.73. The minimum Gasteiger partial charge on any atom is -0.343 e. The summed E-state index contributed by atoms with van der Waals surface area (Å²) in [5.74, 6) is 0.139. The van der Waals surface area contributed by atoms with Crippen LogP contribution in [-0.4, -0.2) is 36.5 Å². The van der Waals surface area contributed by atoms with E-state index in [0.717, 1.165) is 44.5 Å². The average molecular weight is 315 g/mol. The number of likely N-dealkylation sites (tertiary alicyclic amines) is 1. The molecule has 1 aliphatic heterocycles. The van der Waals surface area contributed by atoms with Gasteiger partial charge in [-0.05, 0) is 55.7 Å². The molecule has 3 rings (SSSR count). The Labute approximate surface area is 137 Å². The normalized spacial score (nSPS) is 16.8. The second-order valence-electron chi connectivity index (χ2n) is 6.37. The fraction of sp³-hybridized carbons (Fsp3) is 0.556. The van der Waals surface area contributed by atoms with Crippen LogP contribution in [0.5, 0.6) is 0 Å². The lowest BCUT2D eigenvalue weighted by Crippen LogP contribution is -2.34. The van der Waals surface area contributed by atoms with Gasteiger partial charge in [0.1, 0.15) is 0 Å². The van der Waals surface area contributed by atoms with Crippen molar-refractivity contribution in [1.82, 2.24) is 10.2 Å². The molecule has 0 aromatic heterocycles. The van der Waals surface area contributed by atoms with Gasteiger partial charge >= 0.3 is 6.03 Å². The van der Waals surface area contributed by atoms with Crippen LogP contribution in [0.15, 0.2) is 18.2 Å². The van der Waals surface area contributed by atoms with Crippen LogP contribution in [0.1, 0.15) is 43.2 Å². The molecule has 5 heteroatoms. The second kappa shape index (κ2) is 7.49. The third kappa shape index (κ3) is 4.03.